The highest BCUT2D eigenvalue weighted by Crippen LogP contribution is 2.21. The molecule has 0 aliphatic carbocycles. The maximum absolute atomic E-state index is 4.63. The van der Waals surface area contributed by atoms with Gasteiger partial charge in [-0.2, -0.15) is 4.98 Å². The largest absolute Gasteiger partial charge is 0.378 e. The van der Waals surface area contributed by atoms with Crippen LogP contribution in [0.4, 0.5) is 11.6 Å². The molecule has 1 fully saturated rings. The van der Waals surface area contributed by atoms with Crippen molar-refractivity contribution in [1.82, 2.24) is 20.5 Å². The Morgan fingerprint density at radius 1 is 1.24 bits per heavy atom. The van der Waals surface area contributed by atoms with Gasteiger partial charge in [-0.25, -0.2) is 0 Å². The van der Waals surface area contributed by atoms with Crippen LogP contribution in [0.3, 0.4) is 0 Å². The minimum Gasteiger partial charge on any atom is -0.378 e. The van der Waals surface area contributed by atoms with E-state index in [0.29, 0.717) is 6.04 Å². The van der Waals surface area contributed by atoms with Crippen LogP contribution in [0.1, 0.15) is 6.92 Å². The zero-order chi connectivity index (χ0) is 14.8. The fourth-order valence-corrected chi connectivity index (χ4v) is 2.55. The van der Waals surface area contributed by atoms with Crippen molar-refractivity contribution in [3.05, 3.63) is 24.3 Å². The van der Waals surface area contributed by atoms with Gasteiger partial charge in [0.15, 0.2) is 5.82 Å². The van der Waals surface area contributed by atoms with Gasteiger partial charge in [-0.05, 0) is 31.2 Å². The topological polar surface area (TPSA) is 60.1 Å². The molecule has 0 bridgehead atoms. The van der Waals surface area contributed by atoms with E-state index in [2.05, 4.69) is 61.5 Å². The Hall–Kier alpha value is -2.08. The average molecular weight is 286 g/mol. The van der Waals surface area contributed by atoms with E-state index in [1.54, 1.807) is 0 Å². The van der Waals surface area contributed by atoms with E-state index in [1.807, 2.05) is 14.1 Å². The standard InChI is InChI=1S/C15H22N6/c1-11-10-21(9-8-16-11)15-17-14(18-19-15)12-4-6-13(7-5-12)20(2)3/h4-7,11,16H,8-10H2,1-3H3,(H,17,18,19)/t11-/m1/s1. The molecular weight excluding hydrogens is 264 g/mol. The molecular formula is C15H22N6. The predicted molar refractivity (Wildman–Crippen MR) is 85.8 cm³/mol. The molecule has 1 atom stereocenters. The van der Waals surface area contributed by atoms with Crippen molar-refractivity contribution in [2.45, 2.75) is 13.0 Å². The van der Waals surface area contributed by atoms with Crippen LogP contribution < -0.4 is 15.1 Å². The first-order valence-corrected chi connectivity index (χ1v) is 7.32. The number of piperazine rings is 1. The molecule has 0 unspecified atom stereocenters. The van der Waals surface area contributed by atoms with Crippen molar-refractivity contribution in [2.24, 2.45) is 0 Å². The smallest absolute Gasteiger partial charge is 0.245 e. The number of benzene rings is 1. The van der Waals surface area contributed by atoms with Crippen LogP contribution in [0, 0.1) is 0 Å². The highest BCUT2D eigenvalue weighted by Gasteiger charge is 2.19. The minimum atomic E-state index is 0.472. The lowest BCUT2D eigenvalue weighted by Crippen LogP contribution is -2.49. The van der Waals surface area contributed by atoms with Crippen LogP contribution in [0.2, 0.25) is 0 Å². The molecule has 6 nitrogen and oxygen atoms in total. The fraction of sp³-hybridized carbons (Fsp3) is 0.467. The SMILES string of the molecule is C[C@@H]1CN(c2n[nH]c(-c3ccc(N(C)C)cc3)n2)CCN1. The summed E-state index contributed by atoms with van der Waals surface area (Å²) in [5.41, 5.74) is 2.23. The number of nitrogens with one attached hydrogen (secondary N) is 2. The summed E-state index contributed by atoms with van der Waals surface area (Å²) < 4.78 is 0. The van der Waals surface area contributed by atoms with Gasteiger partial charge in [-0.1, -0.05) is 0 Å². The van der Waals surface area contributed by atoms with Crippen LogP contribution in [0.15, 0.2) is 24.3 Å². The van der Waals surface area contributed by atoms with Crippen molar-refractivity contribution in [1.29, 1.82) is 0 Å². The molecule has 112 valence electrons. The molecule has 0 radical (unpaired) electrons. The number of rotatable bonds is 3. The van der Waals surface area contributed by atoms with Crippen molar-refractivity contribution < 1.29 is 0 Å². The molecule has 1 aliphatic heterocycles. The number of nitrogens with zero attached hydrogens (tertiary/aromatic N) is 4. The molecule has 21 heavy (non-hydrogen) atoms. The van der Waals surface area contributed by atoms with Crippen LogP contribution in [0.25, 0.3) is 11.4 Å². The van der Waals surface area contributed by atoms with Gasteiger partial charge < -0.3 is 15.1 Å². The van der Waals surface area contributed by atoms with Crippen LogP contribution >= 0.6 is 0 Å². The molecule has 2 N–H and O–H groups in total. The second-order valence-corrected chi connectivity index (χ2v) is 5.73. The molecule has 0 spiro atoms. The Morgan fingerprint density at radius 3 is 2.67 bits per heavy atom. The molecule has 1 saturated heterocycles. The van der Waals surface area contributed by atoms with Gasteiger partial charge in [-0.15, -0.1) is 5.10 Å². The highest BCUT2D eigenvalue weighted by molar-refractivity contribution is 5.61. The first kappa shape index (κ1) is 13.9. The molecule has 6 heteroatoms. The number of hydrogen-bond acceptors (Lipinski definition) is 5. The third-order valence-corrected chi connectivity index (χ3v) is 3.78. The first-order valence-electron chi connectivity index (χ1n) is 7.32. The number of aromatic nitrogens is 3. The zero-order valence-electron chi connectivity index (χ0n) is 12.8. The van der Waals surface area contributed by atoms with E-state index in [4.69, 9.17) is 0 Å². The van der Waals surface area contributed by atoms with Gasteiger partial charge >= 0.3 is 0 Å². The van der Waals surface area contributed by atoms with Gasteiger partial charge in [-0.3, -0.25) is 5.10 Å². The Balaban J connectivity index is 1.78. The van der Waals surface area contributed by atoms with E-state index in [0.717, 1.165) is 37.0 Å². The van der Waals surface area contributed by atoms with Crippen LogP contribution in [-0.4, -0.2) is 55.0 Å². The van der Waals surface area contributed by atoms with E-state index >= 15 is 0 Å². The molecule has 2 heterocycles. The monoisotopic (exact) mass is 286 g/mol. The third-order valence-electron chi connectivity index (χ3n) is 3.78. The summed E-state index contributed by atoms with van der Waals surface area (Å²) in [7, 11) is 4.07. The Bertz CT molecular complexity index is 588. The summed E-state index contributed by atoms with van der Waals surface area (Å²) >= 11 is 0. The van der Waals surface area contributed by atoms with Crippen molar-refractivity contribution in [2.75, 3.05) is 43.5 Å². The summed E-state index contributed by atoms with van der Waals surface area (Å²) in [5.74, 6) is 1.61. The zero-order valence-corrected chi connectivity index (χ0v) is 12.8. The predicted octanol–water partition coefficient (Wildman–Crippen LogP) is 1.34. The molecule has 3 rings (SSSR count). The van der Waals surface area contributed by atoms with Gasteiger partial charge in [0.1, 0.15) is 0 Å². The molecule has 1 aliphatic rings. The summed E-state index contributed by atoms with van der Waals surface area (Å²) in [6.45, 7) is 5.04. The molecule has 1 aromatic carbocycles. The molecule has 2 aromatic rings. The summed E-state index contributed by atoms with van der Waals surface area (Å²) in [4.78, 5) is 8.93. The summed E-state index contributed by atoms with van der Waals surface area (Å²) in [6.07, 6.45) is 0. The van der Waals surface area contributed by atoms with E-state index in [9.17, 15) is 0 Å². The highest BCUT2D eigenvalue weighted by atomic mass is 15.4. The Labute approximate surface area is 125 Å². The first-order chi connectivity index (χ1) is 10.1. The number of hydrogen-bond donors (Lipinski definition) is 2. The minimum absolute atomic E-state index is 0.472. The van der Waals surface area contributed by atoms with Crippen molar-refractivity contribution in [3.8, 4) is 11.4 Å². The van der Waals surface area contributed by atoms with Crippen LogP contribution in [-0.2, 0) is 0 Å². The van der Waals surface area contributed by atoms with Crippen molar-refractivity contribution in [3.63, 3.8) is 0 Å². The quantitative estimate of drug-likeness (QED) is 0.891. The second-order valence-electron chi connectivity index (χ2n) is 5.73. The Morgan fingerprint density at radius 2 is 2.00 bits per heavy atom. The van der Waals surface area contributed by atoms with Gasteiger partial charge in [0.25, 0.3) is 0 Å². The fourth-order valence-electron chi connectivity index (χ4n) is 2.55. The summed E-state index contributed by atoms with van der Waals surface area (Å²) in [6, 6.07) is 8.79. The molecule has 0 saturated carbocycles. The van der Waals surface area contributed by atoms with E-state index in [1.165, 1.54) is 5.69 Å². The van der Waals surface area contributed by atoms with Crippen molar-refractivity contribution >= 4 is 11.6 Å². The molecule has 1 aromatic heterocycles. The van der Waals surface area contributed by atoms with Gasteiger partial charge in [0.2, 0.25) is 5.95 Å². The second kappa shape index (κ2) is 5.73. The van der Waals surface area contributed by atoms with Gasteiger partial charge in [0, 0.05) is 51.0 Å². The Kier molecular flexibility index (Phi) is 3.79. The molecule has 0 amide bonds. The van der Waals surface area contributed by atoms with E-state index < -0.39 is 0 Å². The average Bonchev–Trinajstić information content (AvgIpc) is 2.97. The number of anilines is 2. The maximum Gasteiger partial charge on any atom is 0.245 e. The summed E-state index contributed by atoms with van der Waals surface area (Å²) in [5, 5.41) is 10.8. The lowest BCUT2D eigenvalue weighted by atomic mass is 10.2. The van der Waals surface area contributed by atoms with E-state index in [-0.39, 0.29) is 0 Å². The lowest BCUT2D eigenvalue weighted by molar-refractivity contribution is 0.480. The lowest BCUT2D eigenvalue weighted by Gasteiger charge is -2.30. The number of aromatic amines is 1. The van der Waals surface area contributed by atoms with Gasteiger partial charge in [0.05, 0.1) is 0 Å². The number of H-pyrrole nitrogens is 1. The van der Waals surface area contributed by atoms with Crippen LogP contribution in [0.5, 0.6) is 0 Å². The maximum atomic E-state index is 4.63. The normalized spacial score (nSPS) is 18.8. The third kappa shape index (κ3) is 3.00.